The van der Waals surface area contributed by atoms with Crippen LogP contribution in [0.3, 0.4) is 0 Å². The van der Waals surface area contributed by atoms with Crippen LogP contribution in [-0.4, -0.2) is 6.61 Å². The number of aryl methyl sites for hydroxylation is 1. The Morgan fingerprint density at radius 2 is 1.90 bits per heavy atom. The van der Waals surface area contributed by atoms with E-state index >= 15 is 0 Å². The fraction of sp³-hybridized carbons (Fsp3) is 0.188. The van der Waals surface area contributed by atoms with Crippen molar-refractivity contribution in [3.05, 3.63) is 51.5 Å². The van der Waals surface area contributed by atoms with Gasteiger partial charge in [-0.2, -0.15) is 5.26 Å². The highest BCUT2D eigenvalue weighted by Crippen LogP contribution is 2.43. The van der Waals surface area contributed by atoms with E-state index < -0.39 is 0 Å². The van der Waals surface area contributed by atoms with Crippen LogP contribution < -0.4 is 4.74 Å². The van der Waals surface area contributed by atoms with E-state index in [2.05, 4.69) is 6.07 Å². The van der Waals surface area contributed by atoms with Gasteiger partial charge in [0.25, 0.3) is 0 Å². The van der Waals surface area contributed by atoms with Crippen molar-refractivity contribution in [2.45, 2.75) is 12.8 Å². The van der Waals surface area contributed by atoms with Gasteiger partial charge in [-0.25, -0.2) is 0 Å². The van der Waals surface area contributed by atoms with Gasteiger partial charge in [-0.3, -0.25) is 0 Å². The van der Waals surface area contributed by atoms with Crippen molar-refractivity contribution in [1.29, 1.82) is 5.26 Å². The van der Waals surface area contributed by atoms with Crippen molar-refractivity contribution in [3.8, 4) is 22.9 Å². The molecule has 0 atom stereocenters. The number of para-hydroxylation sites is 1. The van der Waals surface area contributed by atoms with Crippen LogP contribution in [0, 0.1) is 11.3 Å². The van der Waals surface area contributed by atoms with Crippen LogP contribution in [0.25, 0.3) is 11.1 Å². The molecular weight excluding hydrogens is 293 g/mol. The fourth-order valence-electron chi connectivity index (χ4n) is 2.48. The molecule has 4 heteroatoms. The van der Waals surface area contributed by atoms with Gasteiger partial charge in [0, 0.05) is 11.1 Å². The molecule has 2 nitrogen and oxygen atoms in total. The molecule has 0 unspecified atom stereocenters. The normalized spacial score (nSPS) is 13.2. The van der Waals surface area contributed by atoms with Gasteiger partial charge in [-0.05, 0) is 30.5 Å². The quantitative estimate of drug-likeness (QED) is 0.754. The molecule has 0 bridgehead atoms. The minimum atomic E-state index is 0.453. The van der Waals surface area contributed by atoms with Gasteiger partial charge >= 0.3 is 0 Å². The largest absolute Gasteiger partial charge is 0.493 e. The van der Waals surface area contributed by atoms with E-state index in [-0.39, 0.29) is 0 Å². The monoisotopic (exact) mass is 303 g/mol. The van der Waals surface area contributed by atoms with Crippen molar-refractivity contribution in [3.63, 3.8) is 0 Å². The first-order valence-electron chi connectivity index (χ1n) is 6.35. The van der Waals surface area contributed by atoms with E-state index in [0.29, 0.717) is 22.2 Å². The lowest BCUT2D eigenvalue weighted by molar-refractivity contribution is 0.289. The van der Waals surface area contributed by atoms with Crippen molar-refractivity contribution in [1.82, 2.24) is 0 Å². The number of nitriles is 1. The van der Waals surface area contributed by atoms with E-state index in [1.807, 2.05) is 18.2 Å². The summed E-state index contributed by atoms with van der Waals surface area (Å²) in [6, 6.07) is 11.3. The molecule has 0 radical (unpaired) electrons. The third-order valence-corrected chi connectivity index (χ3v) is 3.97. The summed E-state index contributed by atoms with van der Waals surface area (Å²) >= 11 is 12.6. The molecule has 0 aliphatic carbocycles. The molecule has 0 N–H and O–H groups in total. The zero-order valence-corrected chi connectivity index (χ0v) is 12.1. The van der Waals surface area contributed by atoms with Crippen LogP contribution >= 0.6 is 23.2 Å². The smallest absolute Gasteiger partial charge is 0.130 e. The number of hydrogen-bond acceptors (Lipinski definition) is 2. The highest BCUT2D eigenvalue weighted by Gasteiger charge is 2.19. The molecule has 0 aromatic heterocycles. The lowest BCUT2D eigenvalue weighted by Crippen LogP contribution is -2.09. The van der Waals surface area contributed by atoms with Crippen LogP contribution in [0.1, 0.15) is 17.5 Å². The molecule has 20 heavy (non-hydrogen) atoms. The number of halogens is 2. The summed E-state index contributed by atoms with van der Waals surface area (Å²) in [5.74, 6) is 0.854. The second-order valence-electron chi connectivity index (χ2n) is 4.67. The van der Waals surface area contributed by atoms with Crippen molar-refractivity contribution >= 4 is 23.2 Å². The van der Waals surface area contributed by atoms with Gasteiger partial charge in [0.05, 0.1) is 28.3 Å². The molecule has 0 spiro atoms. The van der Waals surface area contributed by atoms with E-state index in [9.17, 15) is 0 Å². The molecule has 100 valence electrons. The fourth-order valence-corrected chi connectivity index (χ4v) is 3.17. The first kappa shape index (κ1) is 13.3. The average molecular weight is 304 g/mol. The first-order valence-corrected chi connectivity index (χ1v) is 7.10. The third-order valence-electron chi connectivity index (χ3n) is 3.37. The van der Waals surface area contributed by atoms with Crippen LogP contribution in [0.2, 0.25) is 10.0 Å². The minimum Gasteiger partial charge on any atom is -0.493 e. The maximum absolute atomic E-state index is 8.95. The number of hydrogen-bond donors (Lipinski definition) is 0. The number of ether oxygens (including phenoxy) is 1. The molecule has 1 aliphatic heterocycles. The Labute approximate surface area is 127 Å². The molecular formula is C16H11Cl2NO. The number of nitrogens with zero attached hydrogens (tertiary/aromatic N) is 1. The molecule has 1 heterocycles. The minimum absolute atomic E-state index is 0.453. The molecule has 0 fully saturated rings. The van der Waals surface area contributed by atoms with Crippen molar-refractivity contribution < 1.29 is 4.74 Å². The highest BCUT2D eigenvalue weighted by molar-refractivity contribution is 6.39. The van der Waals surface area contributed by atoms with Crippen molar-refractivity contribution in [2.75, 3.05) is 6.61 Å². The van der Waals surface area contributed by atoms with Gasteiger partial charge in [-0.1, -0.05) is 41.4 Å². The summed E-state index contributed by atoms with van der Waals surface area (Å²) in [5, 5.41) is 9.89. The summed E-state index contributed by atoms with van der Waals surface area (Å²) in [4.78, 5) is 0. The van der Waals surface area contributed by atoms with Gasteiger partial charge in [0.1, 0.15) is 5.75 Å². The van der Waals surface area contributed by atoms with Crippen LogP contribution in [-0.2, 0) is 6.42 Å². The van der Waals surface area contributed by atoms with Crippen molar-refractivity contribution in [2.24, 2.45) is 0 Å². The van der Waals surface area contributed by atoms with E-state index in [1.165, 1.54) is 5.56 Å². The average Bonchev–Trinajstić information content (AvgIpc) is 2.46. The third kappa shape index (κ3) is 2.24. The molecule has 2 aromatic carbocycles. The Kier molecular flexibility index (Phi) is 3.56. The molecule has 3 rings (SSSR count). The highest BCUT2D eigenvalue weighted by atomic mass is 35.5. The van der Waals surface area contributed by atoms with Gasteiger partial charge in [-0.15, -0.1) is 0 Å². The second kappa shape index (κ2) is 5.36. The number of fused-ring (bicyclic) bond motifs is 1. The van der Waals surface area contributed by atoms with Gasteiger partial charge in [0.15, 0.2) is 0 Å². The summed E-state index contributed by atoms with van der Waals surface area (Å²) in [6.07, 6.45) is 2.01. The Bertz CT molecular complexity index is 696. The molecule has 1 aliphatic rings. The predicted molar refractivity (Wildman–Crippen MR) is 80.4 cm³/mol. The Hall–Kier alpha value is -1.69. The Morgan fingerprint density at radius 1 is 1.15 bits per heavy atom. The van der Waals surface area contributed by atoms with Crippen LogP contribution in [0.15, 0.2) is 30.3 Å². The lowest BCUT2D eigenvalue weighted by Gasteiger charge is -2.21. The molecule has 0 amide bonds. The number of rotatable bonds is 1. The summed E-state index contributed by atoms with van der Waals surface area (Å²) < 4.78 is 5.79. The molecule has 2 aromatic rings. The van der Waals surface area contributed by atoms with E-state index in [4.69, 9.17) is 33.2 Å². The number of benzene rings is 2. The Balaban J connectivity index is 2.22. The maximum atomic E-state index is 8.95. The zero-order chi connectivity index (χ0) is 14.1. The summed E-state index contributed by atoms with van der Waals surface area (Å²) in [7, 11) is 0. The second-order valence-corrected chi connectivity index (χ2v) is 5.49. The first-order chi connectivity index (χ1) is 9.70. The topological polar surface area (TPSA) is 33.0 Å². The zero-order valence-electron chi connectivity index (χ0n) is 10.6. The van der Waals surface area contributed by atoms with Gasteiger partial charge in [0.2, 0.25) is 0 Å². The van der Waals surface area contributed by atoms with E-state index in [0.717, 1.165) is 29.7 Å². The maximum Gasteiger partial charge on any atom is 0.130 e. The SMILES string of the molecule is N#Cc1cc(Cl)c(-c2cccc3c2OCCC3)c(Cl)c1. The summed E-state index contributed by atoms with van der Waals surface area (Å²) in [5.41, 5.74) is 3.24. The molecule has 0 saturated heterocycles. The predicted octanol–water partition coefficient (Wildman–Crippen LogP) is 4.86. The molecule has 0 saturated carbocycles. The van der Waals surface area contributed by atoms with Crippen LogP contribution in [0.4, 0.5) is 0 Å². The van der Waals surface area contributed by atoms with E-state index in [1.54, 1.807) is 12.1 Å². The standard InChI is InChI=1S/C16H11Cl2NO/c17-13-7-10(9-19)8-14(18)15(13)12-5-1-3-11-4-2-6-20-16(11)12/h1,3,5,7-8H,2,4,6H2. The lowest BCUT2D eigenvalue weighted by atomic mass is 9.97. The van der Waals surface area contributed by atoms with Gasteiger partial charge < -0.3 is 4.74 Å². The summed E-state index contributed by atoms with van der Waals surface area (Å²) in [6.45, 7) is 0.704. The van der Waals surface area contributed by atoms with Crippen LogP contribution in [0.5, 0.6) is 5.75 Å². The Morgan fingerprint density at radius 3 is 2.60 bits per heavy atom.